The topological polar surface area (TPSA) is 35.2 Å². The molecule has 1 N–H and O–H groups in total. The highest BCUT2D eigenvalue weighted by molar-refractivity contribution is 5.93. The Balaban J connectivity index is 1.09. The van der Waals surface area contributed by atoms with Gasteiger partial charge in [0.15, 0.2) is 0 Å². The minimum absolute atomic E-state index is 0.146. The van der Waals surface area contributed by atoms with Crippen molar-refractivity contribution in [2.24, 2.45) is 0 Å². The number of benzene rings is 2. The van der Waals surface area contributed by atoms with Gasteiger partial charge >= 0.3 is 0 Å². The SMILES string of the molecule is Fc1ccc2[nH]cc(C3CCC(N4CCN(c5cccc6cnccc56)CC4)CC3)c2c1. The number of pyridine rings is 1. The first kappa shape index (κ1) is 19.7. The molecule has 4 aromatic rings. The predicted molar refractivity (Wildman–Crippen MR) is 129 cm³/mol. The second-order valence-corrected chi connectivity index (χ2v) is 9.34. The van der Waals surface area contributed by atoms with E-state index in [-0.39, 0.29) is 5.82 Å². The summed E-state index contributed by atoms with van der Waals surface area (Å²) in [5.41, 5.74) is 3.68. The van der Waals surface area contributed by atoms with E-state index in [1.165, 1.54) is 53.8 Å². The Morgan fingerprint density at radius 1 is 0.906 bits per heavy atom. The maximum absolute atomic E-state index is 13.8. The van der Waals surface area contributed by atoms with Gasteiger partial charge in [-0.3, -0.25) is 9.88 Å². The monoisotopic (exact) mass is 428 g/mol. The number of H-pyrrole nitrogens is 1. The van der Waals surface area contributed by atoms with E-state index in [2.05, 4.69) is 50.2 Å². The molecule has 0 bridgehead atoms. The fraction of sp³-hybridized carbons (Fsp3) is 0.370. The number of piperazine rings is 1. The second kappa shape index (κ2) is 8.21. The van der Waals surface area contributed by atoms with Gasteiger partial charge in [-0.05, 0) is 67.5 Å². The van der Waals surface area contributed by atoms with Gasteiger partial charge < -0.3 is 9.88 Å². The second-order valence-electron chi connectivity index (χ2n) is 9.34. The van der Waals surface area contributed by atoms with E-state index in [9.17, 15) is 4.39 Å². The largest absolute Gasteiger partial charge is 0.368 e. The molecule has 2 aromatic heterocycles. The van der Waals surface area contributed by atoms with Crippen LogP contribution in [0.4, 0.5) is 10.1 Å². The third kappa shape index (κ3) is 3.55. The van der Waals surface area contributed by atoms with E-state index in [1.807, 2.05) is 18.5 Å². The minimum Gasteiger partial charge on any atom is -0.368 e. The molecule has 2 aliphatic rings. The fourth-order valence-corrected chi connectivity index (χ4v) is 5.91. The van der Waals surface area contributed by atoms with Gasteiger partial charge in [0, 0.05) is 78.2 Å². The summed E-state index contributed by atoms with van der Waals surface area (Å²) in [5.74, 6) is 0.389. The van der Waals surface area contributed by atoms with Crippen LogP contribution in [-0.4, -0.2) is 47.1 Å². The average molecular weight is 429 g/mol. The van der Waals surface area contributed by atoms with Crippen LogP contribution in [0.2, 0.25) is 0 Å². The number of nitrogens with zero attached hydrogens (tertiary/aromatic N) is 3. The van der Waals surface area contributed by atoms with Crippen molar-refractivity contribution in [1.82, 2.24) is 14.9 Å². The highest BCUT2D eigenvalue weighted by atomic mass is 19.1. The van der Waals surface area contributed by atoms with Crippen molar-refractivity contribution in [2.75, 3.05) is 31.1 Å². The number of fused-ring (bicyclic) bond motifs is 2. The lowest BCUT2D eigenvalue weighted by molar-refractivity contribution is 0.141. The first-order chi connectivity index (χ1) is 15.8. The zero-order valence-corrected chi connectivity index (χ0v) is 18.3. The van der Waals surface area contributed by atoms with Gasteiger partial charge in [-0.25, -0.2) is 4.39 Å². The lowest BCUT2D eigenvalue weighted by Gasteiger charge is -2.43. The molecule has 1 aliphatic heterocycles. The maximum atomic E-state index is 13.8. The van der Waals surface area contributed by atoms with E-state index < -0.39 is 0 Å². The molecule has 4 nitrogen and oxygen atoms in total. The predicted octanol–water partition coefficient (Wildman–Crippen LogP) is 5.70. The van der Waals surface area contributed by atoms with E-state index in [0.29, 0.717) is 12.0 Å². The van der Waals surface area contributed by atoms with Gasteiger partial charge in [-0.2, -0.15) is 0 Å². The summed E-state index contributed by atoms with van der Waals surface area (Å²) < 4.78 is 13.8. The van der Waals surface area contributed by atoms with Crippen LogP contribution in [0.15, 0.2) is 61.1 Å². The number of aromatic nitrogens is 2. The number of hydrogen-bond acceptors (Lipinski definition) is 3. The van der Waals surface area contributed by atoms with Crippen molar-refractivity contribution < 1.29 is 4.39 Å². The molecule has 3 heterocycles. The lowest BCUT2D eigenvalue weighted by atomic mass is 9.81. The molecular weight excluding hydrogens is 399 g/mol. The van der Waals surface area contributed by atoms with Gasteiger partial charge in [0.1, 0.15) is 5.82 Å². The summed E-state index contributed by atoms with van der Waals surface area (Å²) >= 11 is 0. The number of anilines is 1. The maximum Gasteiger partial charge on any atom is 0.123 e. The molecule has 1 aliphatic carbocycles. The molecule has 0 unspecified atom stereocenters. The summed E-state index contributed by atoms with van der Waals surface area (Å²) in [6, 6.07) is 14.4. The Kier molecular flexibility index (Phi) is 5.07. The number of aromatic amines is 1. The Hall–Kier alpha value is -2.92. The lowest BCUT2D eigenvalue weighted by Crippen LogP contribution is -2.51. The zero-order chi connectivity index (χ0) is 21.5. The molecule has 0 amide bonds. The van der Waals surface area contributed by atoms with Crippen molar-refractivity contribution in [1.29, 1.82) is 0 Å². The molecule has 0 spiro atoms. The molecule has 0 atom stereocenters. The summed E-state index contributed by atoms with van der Waals surface area (Å²) in [4.78, 5) is 12.8. The zero-order valence-electron chi connectivity index (χ0n) is 18.3. The third-order valence-electron chi connectivity index (χ3n) is 7.64. The van der Waals surface area contributed by atoms with E-state index in [4.69, 9.17) is 0 Å². The van der Waals surface area contributed by atoms with Crippen LogP contribution in [0, 0.1) is 5.82 Å². The fourth-order valence-electron chi connectivity index (χ4n) is 5.91. The van der Waals surface area contributed by atoms with Gasteiger partial charge in [0.2, 0.25) is 0 Å². The molecule has 5 heteroatoms. The molecule has 1 saturated carbocycles. The first-order valence-corrected chi connectivity index (χ1v) is 11.8. The quantitative estimate of drug-likeness (QED) is 0.454. The molecule has 32 heavy (non-hydrogen) atoms. The summed E-state index contributed by atoms with van der Waals surface area (Å²) in [7, 11) is 0. The van der Waals surface area contributed by atoms with Crippen molar-refractivity contribution in [2.45, 2.75) is 37.6 Å². The molecule has 2 aromatic carbocycles. The summed E-state index contributed by atoms with van der Waals surface area (Å²) in [5, 5.41) is 3.57. The van der Waals surface area contributed by atoms with Crippen LogP contribution >= 0.6 is 0 Å². The Bertz CT molecular complexity index is 1230. The third-order valence-corrected chi connectivity index (χ3v) is 7.64. The van der Waals surface area contributed by atoms with Crippen LogP contribution in [0.5, 0.6) is 0 Å². The Morgan fingerprint density at radius 2 is 1.75 bits per heavy atom. The minimum atomic E-state index is -0.146. The van der Waals surface area contributed by atoms with Crippen LogP contribution in [0.25, 0.3) is 21.7 Å². The van der Waals surface area contributed by atoms with Crippen LogP contribution in [0.3, 0.4) is 0 Å². The van der Waals surface area contributed by atoms with Gasteiger partial charge in [-0.1, -0.05) is 12.1 Å². The first-order valence-electron chi connectivity index (χ1n) is 11.8. The summed E-state index contributed by atoms with van der Waals surface area (Å²) in [6.45, 7) is 4.39. The number of nitrogens with one attached hydrogen (secondary N) is 1. The summed E-state index contributed by atoms with van der Waals surface area (Å²) in [6.07, 6.45) is 10.8. The van der Waals surface area contributed by atoms with Crippen molar-refractivity contribution in [3.05, 3.63) is 72.4 Å². The average Bonchev–Trinajstić information content (AvgIpc) is 3.27. The number of hydrogen-bond donors (Lipinski definition) is 1. The van der Waals surface area contributed by atoms with E-state index >= 15 is 0 Å². The van der Waals surface area contributed by atoms with Gasteiger partial charge in [0.05, 0.1) is 0 Å². The highest BCUT2D eigenvalue weighted by Crippen LogP contribution is 2.38. The molecule has 2 fully saturated rings. The van der Waals surface area contributed by atoms with Gasteiger partial charge in [-0.15, -0.1) is 0 Å². The normalized spacial score (nSPS) is 22.6. The Morgan fingerprint density at radius 3 is 2.59 bits per heavy atom. The molecule has 0 radical (unpaired) electrons. The van der Waals surface area contributed by atoms with E-state index in [1.54, 1.807) is 6.07 Å². The van der Waals surface area contributed by atoms with E-state index in [0.717, 1.165) is 37.1 Å². The molecule has 164 valence electrons. The molecular formula is C27H29FN4. The molecule has 6 rings (SSSR count). The van der Waals surface area contributed by atoms with Gasteiger partial charge in [0.25, 0.3) is 0 Å². The molecule has 1 saturated heterocycles. The standard InChI is InChI=1S/C27H29FN4/c28-21-6-9-26-24(16-21)25(18-30-26)19-4-7-22(8-5-19)31-12-14-32(15-13-31)27-3-1-2-20-17-29-11-10-23(20)27/h1-3,6,9-11,16-19,22,30H,4-5,7-8,12-15H2. The van der Waals surface area contributed by atoms with Crippen LogP contribution in [0.1, 0.15) is 37.2 Å². The smallest absolute Gasteiger partial charge is 0.123 e. The van der Waals surface area contributed by atoms with Crippen molar-refractivity contribution in [3.63, 3.8) is 0 Å². The Labute approximate surface area is 188 Å². The van der Waals surface area contributed by atoms with Crippen LogP contribution in [-0.2, 0) is 0 Å². The highest BCUT2D eigenvalue weighted by Gasteiger charge is 2.30. The van der Waals surface area contributed by atoms with Crippen molar-refractivity contribution in [3.8, 4) is 0 Å². The van der Waals surface area contributed by atoms with Crippen molar-refractivity contribution >= 4 is 27.4 Å². The number of halogens is 1. The number of rotatable bonds is 3. The van der Waals surface area contributed by atoms with Crippen LogP contribution < -0.4 is 4.90 Å².